The summed E-state index contributed by atoms with van der Waals surface area (Å²) in [5.74, 6) is -0.451. The van der Waals surface area contributed by atoms with Crippen molar-refractivity contribution in [1.29, 1.82) is 0 Å². The molecule has 11 atom stereocenters. The summed E-state index contributed by atoms with van der Waals surface area (Å²) in [7, 11) is 0. The lowest BCUT2D eigenvalue weighted by Crippen LogP contribution is -2.61. The van der Waals surface area contributed by atoms with Gasteiger partial charge in [-0.2, -0.15) is 0 Å². The van der Waals surface area contributed by atoms with Gasteiger partial charge in [-0.15, -0.1) is 0 Å². The van der Waals surface area contributed by atoms with E-state index in [-0.39, 0.29) is 13.0 Å². The van der Waals surface area contributed by atoms with Gasteiger partial charge in [0.05, 0.1) is 19.8 Å². The number of allylic oxidation sites excluding steroid dienone is 4. The van der Waals surface area contributed by atoms with Crippen molar-refractivity contribution in [2.24, 2.45) is 0 Å². The molecular weight excluding hydrogens is 620 g/mol. The molecule has 2 saturated heterocycles. The molecule has 2 rings (SSSR count). The minimum atomic E-state index is -1.73. The first-order valence-electron chi connectivity index (χ1n) is 17.0. The molecule has 14 heteroatoms. The van der Waals surface area contributed by atoms with E-state index < -0.39 is 93.3 Å². The van der Waals surface area contributed by atoms with Gasteiger partial charge in [-0.3, -0.25) is 4.79 Å². The summed E-state index contributed by atoms with van der Waals surface area (Å²) < 4.78 is 26.6. The van der Waals surface area contributed by atoms with Gasteiger partial charge >= 0.3 is 5.97 Å². The van der Waals surface area contributed by atoms with E-state index in [0.717, 1.165) is 44.9 Å². The first-order chi connectivity index (χ1) is 22.6. The summed E-state index contributed by atoms with van der Waals surface area (Å²) in [4.78, 5) is 12.1. The molecule has 2 heterocycles. The molecule has 2 aliphatic rings. The number of carbonyl (C=O) groups is 1. The number of unbranched alkanes of at least 4 members (excludes halogenated alkanes) is 8. The number of carbonyl (C=O) groups excluding carboxylic acids is 1. The molecular formula is C33H58O14. The molecule has 274 valence electrons. The largest absolute Gasteiger partial charge is 0.463 e. The molecule has 0 radical (unpaired) electrons. The molecule has 0 amide bonds. The molecule has 14 nitrogen and oxygen atoms in total. The average molecular weight is 679 g/mol. The fourth-order valence-corrected chi connectivity index (χ4v) is 5.18. The molecule has 8 N–H and O–H groups in total. The molecule has 0 aromatic heterocycles. The Bertz CT molecular complexity index is 885. The van der Waals surface area contributed by atoms with Crippen LogP contribution in [0.2, 0.25) is 0 Å². The van der Waals surface area contributed by atoms with Gasteiger partial charge in [0.1, 0.15) is 61.5 Å². The van der Waals surface area contributed by atoms with Crippen molar-refractivity contribution in [2.45, 2.75) is 151 Å². The molecule has 0 spiro atoms. The van der Waals surface area contributed by atoms with Crippen molar-refractivity contribution in [1.82, 2.24) is 0 Å². The van der Waals surface area contributed by atoms with Gasteiger partial charge in [-0.05, 0) is 38.5 Å². The quantitative estimate of drug-likeness (QED) is 0.0415. The van der Waals surface area contributed by atoms with Crippen LogP contribution in [-0.4, -0.2) is 141 Å². The van der Waals surface area contributed by atoms with Crippen LogP contribution in [0, 0.1) is 0 Å². The number of rotatable bonds is 23. The molecule has 0 aliphatic carbocycles. The van der Waals surface area contributed by atoms with Crippen LogP contribution in [0.5, 0.6) is 0 Å². The molecule has 2 fully saturated rings. The van der Waals surface area contributed by atoms with Gasteiger partial charge < -0.3 is 64.5 Å². The molecule has 11 unspecified atom stereocenters. The minimum absolute atomic E-state index is 0.225. The third-order valence-electron chi connectivity index (χ3n) is 8.16. The van der Waals surface area contributed by atoms with E-state index in [1.54, 1.807) is 0 Å². The summed E-state index contributed by atoms with van der Waals surface area (Å²) in [6.07, 6.45) is 4.08. The molecule has 0 aromatic carbocycles. The van der Waals surface area contributed by atoms with Crippen molar-refractivity contribution in [2.75, 3.05) is 26.4 Å². The summed E-state index contributed by atoms with van der Waals surface area (Å²) in [5, 5.41) is 80.3. The third kappa shape index (κ3) is 15.3. The SMILES string of the molecule is CCCCC/C=C\C/C=C\CCCCCCCC(=O)OCC(O)COC1OC(COC2OC(CO)C(O)C(O)C2O)C(O)C(O)C1O. The number of hydrogen-bond donors (Lipinski definition) is 8. The van der Waals surface area contributed by atoms with Crippen LogP contribution < -0.4 is 0 Å². The highest BCUT2D eigenvalue weighted by Crippen LogP contribution is 2.26. The van der Waals surface area contributed by atoms with E-state index in [1.165, 1.54) is 19.3 Å². The average Bonchev–Trinajstić information content (AvgIpc) is 3.06. The van der Waals surface area contributed by atoms with Crippen molar-refractivity contribution in [3.05, 3.63) is 24.3 Å². The number of hydrogen-bond acceptors (Lipinski definition) is 14. The highest BCUT2D eigenvalue weighted by molar-refractivity contribution is 5.69. The normalized spacial score (nSPS) is 32.3. The summed E-state index contributed by atoms with van der Waals surface area (Å²) in [6.45, 7) is 0.250. The van der Waals surface area contributed by atoms with Gasteiger partial charge in [0.25, 0.3) is 0 Å². The van der Waals surface area contributed by atoms with Gasteiger partial charge in [0, 0.05) is 6.42 Å². The molecule has 0 bridgehead atoms. The van der Waals surface area contributed by atoms with Crippen LogP contribution in [0.3, 0.4) is 0 Å². The lowest BCUT2D eigenvalue weighted by Gasteiger charge is -2.42. The summed E-state index contributed by atoms with van der Waals surface area (Å²) in [5.41, 5.74) is 0. The number of esters is 1. The maximum atomic E-state index is 12.1. The Balaban J connectivity index is 1.58. The van der Waals surface area contributed by atoms with E-state index in [9.17, 15) is 45.6 Å². The zero-order valence-corrected chi connectivity index (χ0v) is 27.5. The molecule has 47 heavy (non-hydrogen) atoms. The van der Waals surface area contributed by atoms with Crippen LogP contribution in [-0.2, 0) is 28.5 Å². The highest BCUT2D eigenvalue weighted by atomic mass is 16.7. The second kappa shape index (κ2) is 23.8. The zero-order chi connectivity index (χ0) is 34.6. The molecule has 0 aromatic rings. The van der Waals surface area contributed by atoms with Crippen molar-refractivity contribution < 1.29 is 69.3 Å². The van der Waals surface area contributed by atoms with Crippen molar-refractivity contribution >= 4 is 5.97 Å². The Hall–Kier alpha value is -1.53. The van der Waals surface area contributed by atoms with Gasteiger partial charge in [-0.1, -0.05) is 63.3 Å². The first-order valence-corrected chi connectivity index (χ1v) is 17.0. The van der Waals surface area contributed by atoms with Gasteiger partial charge in [-0.25, -0.2) is 0 Å². The Morgan fingerprint density at radius 1 is 0.681 bits per heavy atom. The zero-order valence-electron chi connectivity index (χ0n) is 27.5. The van der Waals surface area contributed by atoms with E-state index in [1.807, 2.05) is 0 Å². The fraction of sp³-hybridized carbons (Fsp3) is 0.848. The van der Waals surface area contributed by atoms with Gasteiger partial charge in [0.2, 0.25) is 0 Å². The van der Waals surface area contributed by atoms with Gasteiger partial charge in [0.15, 0.2) is 12.6 Å². The monoisotopic (exact) mass is 678 g/mol. The van der Waals surface area contributed by atoms with Crippen molar-refractivity contribution in [3.8, 4) is 0 Å². The number of aliphatic hydroxyl groups excluding tert-OH is 8. The van der Waals surface area contributed by atoms with Crippen LogP contribution in [0.1, 0.15) is 84.0 Å². The predicted molar refractivity (Wildman–Crippen MR) is 169 cm³/mol. The number of aliphatic hydroxyl groups is 8. The van der Waals surface area contributed by atoms with E-state index in [2.05, 4.69) is 31.2 Å². The van der Waals surface area contributed by atoms with Crippen molar-refractivity contribution in [3.63, 3.8) is 0 Å². The van der Waals surface area contributed by atoms with Crippen LogP contribution >= 0.6 is 0 Å². The Kier molecular flexibility index (Phi) is 21.1. The second-order valence-corrected chi connectivity index (χ2v) is 12.2. The molecule has 0 saturated carbocycles. The smallest absolute Gasteiger partial charge is 0.305 e. The Morgan fingerprint density at radius 2 is 1.23 bits per heavy atom. The van der Waals surface area contributed by atoms with E-state index in [0.29, 0.717) is 6.42 Å². The Labute approximate surface area is 277 Å². The van der Waals surface area contributed by atoms with Crippen LogP contribution in [0.4, 0.5) is 0 Å². The lowest BCUT2D eigenvalue weighted by atomic mass is 9.98. The summed E-state index contributed by atoms with van der Waals surface area (Å²) in [6, 6.07) is 0. The minimum Gasteiger partial charge on any atom is -0.463 e. The first kappa shape index (κ1) is 41.6. The second-order valence-electron chi connectivity index (χ2n) is 12.2. The lowest BCUT2D eigenvalue weighted by molar-refractivity contribution is -0.332. The van der Waals surface area contributed by atoms with E-state index >= 15 is 0 Å². The maximum absolute atomic E-state index is 12.1. The Morgan fingerprint density at radius 3 is 1.87 bits per heavy atom. The van der Waals surface area contributed by atoms with E-state index in [4.69, 9.17) is 23.7 Å². The number of ether oxygens (including phenoxy) is 5. The van der Waals surface area contributed by atoms with Crippen LogP contribution in [0.15, 0.2) is 24.3 Å². The summed E-state index contributed by atoms with van der Waals surface area (Å²) >= 11 is 0. The molecule has 2 aliphatic heterocycles. The topological polar surface area (TPSA) is 225 Å². The maximum Gasteiger partial charge on any atom is 0.305 e. The third-order valence-corrected chi connectivity index (χ3v) is 8.16. The predicted octanol–water partition coefficient (Wildman–Crippen LogP) is 0.345. The standard InChI is InChI=1S/C33H58O14/c1-2-3-4-5-6-7-8-9-10-11-12-13-14-15-16-17-25(36)43-19-22(35)20-44-32-31(42)29(40)27(38)24(47-32)21-45-33-30(41)28(39)26(37)23(18-34)46-33/h6-7,9-10,22-24,26-35,37-42H,2-5,8,11-21H2,1H3/b7-6-,10-9-. The van der Waals surface area contributed by atoms with Crippen LogP contribution in [0.25, 0.3) is 0 Å². The highest BCUT2D eigenvalue weighted by Gasteiger charge is 2.47. The fourth-order valence-electron chi connectivity index (χ4n) is 5.18.